The molecule has 6 heteroatoms. The lowest BCUT2D eigenvalue weighted by Crippen LogP contribution is -2.46. The van der Waals surface area contributed by atoms with Crippen LogP contribution >= 0.6 is 11.8 Å². The maximum atomic E-state index is 11.9. The summed E-state index contributed by atoms with van der Waals surface area (Å²) in [6.45, 7) is 0.606. The SMILES string of the molecule is O=C(O)C1CSCN1C(=O)[C@@H]1CCCO1. The zero-order valence-corrected chi connectivity index (χ0v) is 9.03. The molecule has 2 atom stereocenters. The number of rotatable bonds is 2. The normalized spacial score (nSPS) is 30.8. The van der Waals surface area contributed by atoms with E-state index in [1.807, 2.05) is 0 Å². The third-order valence-corrected chi connectivity index (χ3v) is 3.67. The molecule has 0 aromatic carbocycles. The summed E-state index contributed by atoms with van der Waals surface area (Å²) in [6, 6.07) is -0.674. The first kappa shape index (κ1) is 10.8. The van der Waals surface area contributed by atoms with Gasteiger partial charge in [-0.1, -0.05) is 0 Å². The topological polar surface area (TPSA) is 66.8 Å². The fraction of sp³-hybridized carbons (Fsp3) is 0.778. The number of amides is 1. The van der Waals surface area contributed by atoms with Crippen molar-refractivity contribution in [1.29, 1.82) is 0 Å². The molecule has 15 heavy (non-hydrogen) atoms. The van der Waals surface area contributed by atoms with Crippen molar-refractivity contribution in [2.24, 2.45) is 0 Å². The summed E-state index contributed by atoms with van der Waals surface area (Å²) < 4.78 is 5.26. The van der Waals surface area contributed by atoms with Crippen LogP contribution in [-0.4, -0.2) is 52.3 Å². The van der Waals surface area contributed by atoms with Crippen LogP contribution in [-0.2, 0) is 14.3 Å². The van der Waals surface area contributed by atoms with Gasteiger partial charge in [-0.05, 0) is 12.8 Å². The minimum absolute atomic E-state index is 0.162. The number of aliphatic carboxylic acids is 1. The van der Waals surface area contributed by atoms with E-state index in [1.54, 1.807) is 0 Å². The van der Waals surface area contributed by atoms with Crippen LogP contribution in [0.4, 0.5) is 0 Å². The van der Waals surface area contributed by atoms with Gasteiger partial charge in [0.1, 0.15) is 12.1 Å². The van der Waals surface area contributed by atoms with Crippen LogP contribution in [0.2, 0.25) is 0 Å². The molecule has 2 heterocycles. The Kier molecular flexibility index (Phi) is 3.16. The predicted octanol–water partition coefficient (Wildman–Crippen LogP) is 0.151. The number of hydrogen-bond acceptors (Lipinski definition) is 4. The van der Waals surface area contributed by atoms with E-state index in [4.69, 9.17) is 9.84 Å². The summed E-state index contributed by atoms with van der Waals surface area (Å²) in [6.07, 6.45) is 1.19. The van der Waals surface area contributed by atoms with Crippen molar-refractivity contribution in [2.45, 2.75) is 25.0 Å². The van der Waals surface area contributed by atoms with E-state index >= 15 is 0 Å². The quantitative estimate of drug-likeness (QED) is 0.733. The Labute approximate surface area is 91.8 Å². The number of nitrogens with zero attached hydrogens (tertiary/aromatic N) is 1. The lowest BCUT2D eigenvalue weighted by molar-refractivity contribution is -0.151. The smallest absolute Gasteiger partial charge is 0.327 e. The Hall–Kier alpha value is -0.750. The van der Waals surface area contributed by atoms with Gasteiger partial charge in [-0.3, -0.25) is 4.79 Å². The van der Waals surface area contributed by atoms with Gasteiger partial charge in [0.15, 0.2) is 0 Å². The van der Waals surface area contributed by atoms with Crippen molar-refractivity contribution in [2.75, 3.05) is 18.2 Å². The lowest BCUT2D eigenvalue weighted by atomic mass is 10.2. The van der Waals surface area contributed by atoms with Gasteiger partial charge < -0.3 is 14.7 Å². The molecular formula is C9H13NO4S. The second-order valence-corrected chi connectivity index (χ2v) is 4.66. The summed E-state index contributed by atoms with van der Waals surface area (Å²) in [5, 5.41) is 8.93. The molecule has 0 saturated carbocycles. The van der Waals surface area contributed by atoms with Crippen LogP contribution in [0.15, 0.2) is 0 Å². The fourth-order valence-electron chi connectivity index (χ4n) is 1.82. The van der Waals surface area contributed by atoms with Gasteiger partial charge in [0.25, 0.3) is 5.91 Å². The molecule has 0 aliphatic carbocycles. The largest absolute Gasteiger partial charge is 0.480 e. The average Bonchev–Trinajstić information content (AvgIpc) is 2.88. The van der Waals surface area contributed by atoms with Gasteiger partial charge >= 0.3 is 5.97 Å². The van der Waals surface area contributed by atoms with Crippen LogP contribution in [0.1, 0.15) is 12.8 Å². The second-order valence-electron chi connectivity index (χ2n) is 3.66. The Morgan fingerprint density at radius 2 is 2.27 bits per heavy atom. The Morgan fingerprint density at radius 3 is 2.87 bits per heavy atom. The van der Waals surface area contributed by atoms with Gasteiger partial charge in [-0.2, -0.15) is 0 Å². The molecule has 1 unspecified atom stereocenters. The number of hydrogen-bond donors (Lipinski definition) is 1. The van der Waals surface area contributed by atoms with Crippen LogP contribution in [0, 0.1) is 0 Å². The first-order valence-electron chi connectivity index (χ1n) is 4.93. The van der Waals surface area contributed by atoms with E-state index < -0.39 is 18.1 Å². The molecule has 0 bridgehead atoms. The van der Waals surface area contributed by atoms with Crippen molar-refractivity contribution in [3.8, 4) is 0 Å². The highest BCUT2D eigenvalue weighted by Gasteiger charge is 2.38. The van der Waals surface area contributed by atoms with E-state index in [0.29, 0.717) is 24.7 Å². The Balaban J connectivity index is 2.02. The molecule has 2 aliphatic rings. The van der Waals surface area contributed by atoms with Gasteiger partial charge in [0, 0.05) is 12.4 Å². The van der Waals surface area contributed by atoms with Gasteiger partial charge in [-0.25, -0.2) is 4.79 Å². The molecule has 84 valence electrons. The summed E-state index contributed by atoms with van der Waals surface area (Å²) in [5.41, 5.74) is 0. The number of thioether (sulfide) groups is 1. The molecular weight excluding hydrogens is 218 g/mol. The molecule has 0 spiro atoms. The molecule has 0 radical (unpaired) electrons. The number of carboxylic acid groups (broad SMARTS) is 1. The van der Waals surface area contributed by atoms with Crippen LogP contribution in [0.3, 0.4) is 0 Å². The summed E-state index contributed by atoms with van der Waals surface area (Å²) >= 11 is 1.47. The standard InChI is InChI=1S/C9H13NO4S/c11-8(7-2-1-3-14-7)10-5-15-4-6(10)9(12)13/h6-7H,1-5H2,(H,12,13)/t6?,7-/m0/s1. The number of carbonyl (C=O) groups is 2. The molecule has 1 amide bonds. The third-order valence-electron chi connectivity index (χ3n) is 2.66. The number of carboxylic acids is 1. The first-order valence-corrected chi connectivity index (χ1v) is 6.08. The van der Waals surface area contributed by atoms with E-state index in [0.717, 1.165) is 6.42 Å². The molecule has 2 aliphatic heterocycles. The molecule has 2 rings (SSSR count). The maximum Gasteiger partial charge on any atom is 0.327 e. The monoisotopic (exact) mass is 231 g/mol. The van der Waals surface area contributed by atoms with E-state index in [1.165, 1.54) is 16.7 Å². The number of carbonyl (C=O) groups excluding carboxylic acids is 1. The predicted molar refractivity (Wildman–Crippen MR) is 54.6 cm³/mol. The summed E-state index contributed by atoms with van der Waals surface area (Å²) in [4.78, 5) is 24.2. The van der Waals surface area contributed by atoms with Gasteiger partial charge in [-0.15, -0.1) is 11.8 Å². The lowest BCUT2D eigenvalue weighted by Gasteiger charge is -2.23. The van der Waals surface area contributed by atoms with Gasteiger partial charge in [0.05, 0.1) is 5.88 Å². The molecule has 2 saturated heterocycles. The highest BCUT2D eigenvalue weighted by molar-refractivity contribution is 7.99. The minimum Gasteiger partial charge on any atom is -0.480 e. The number of ether oxygens (including phenoxy) is 1. The molecule has 0 aromatic rings. The molecule has 2 fully saturated rings. The second kappa shape index (κ2) is 4.40. The zero-order chi connectivity index (χ0) is 10.8. The van der Waals surface area contributed by atoms with Crippen molar-refractivity contribution < 1.29 is 19.4 Å². The highest BCUT2D eigenvalue weighted by Crippen LogP contribution is 2.24. The highest BCUT2D eigenvalue weighted by atomic mass is 32.2. The van der Waals surface area contributed by atoms with Crippen molar-refractivity contribution in [3.63, 3.8) is 0 Å². The fourth-order valence-corrected chi connectivity index (χ4v) is 2.98. The molecule has 0 aromatic heterocycles. The van der Waals surface area contributed by atoms with E-state index in [-0.39, 0.29) is 5.91 Å². The van der Waals surface area contributed by atoms with Crippen LogP contribution < -0.4 is 0 Å². The Bertz CT molecular complexity index is 277. The maximum absolute atomic E-state index is 11.9. The van der Waals surface area contributed by atoms with E-state index in [9.17, 15) is 9.59 Å². The summed E-state index contributed by atoms with van der Waals surface area (Å²) in [5.74, 6) is -0.139. The minimum atomic E-state index is -0.925. The van der Waals surface area contributed by atoms with Crippen molar-refractivity contribution in [3.05, 3.63) is 0 Å². The van der Waals surface area contributed by atoms with Crippen molar-refractivity contribution >= 4 is 23.6 Å². The van der Waals surface area contributed by atoms with Gasteiger partial charge in [0.2, 0.25) is 0 Å². The summed E-state index contributed by atoms with van der Waals surface area (Å²) in [7, 11) is 0. The molecule has 1 N–H and O–H groups in total. The first-order chi connectivity index (χ1) is 7.20. The van der Waals surface area contributed by atoms with Crippen LogP contribution in [0.5, 0.6) is 0 Å². The average molecular weight is 231 g/mol. The van der Waals surface area contributed by atoms with Crippen molar-refractivity contribution in [1.82, 2.24) is 4.90 Å². The van der Waals surface area contributed by atoms with Crippen LogP contribution in [0.25, 0.3) is 0 Å². The third kappa shape index (κ3) is 2.10. The zero-order valence-electron chi connectivity index (χ0n) is 8.22. The molecule has 5 nitrogen and oxygen atoms in total. The Morgan fingerprint density at radius 1 is 1.47 bits per heavy atom. The van der Waals surface area contributed by atoms with E-state index in [2.05, 4.69) is 0 Å².